The summed E-state index contributed by atoms with van der Waals surface area (Å²) in [6.45, 7) is 6.40. The molecule has 4 heteroatoms. The van der Waals surface area contributed by atoms with Gasteiger partial charge in [0.15, 0.2) is 5.82 Å². The quantitative estimate of drug-likeness (QED) is 0.754. The Morgan fingerprint density at radius 2 is 1.71 bits per heavy atom. The van der Waals surface area contributed by atoms with Crippen molar-refractivity contribution in [3.05, 3.63) is 17.8 Å². The van der Waals surface area contributed by atoms with Crippen LogP contribution in [0, 0.1) is 0 Å². The smallest absolute Gasteiger partial charge is 0.151 e. The van der Waals surface area contributed by atoms with Gasteiger partial charge in [0.1, 0.15) is 0 Å². The van der Waals surface area contributed by atoms with Gasteiger partial charge in [-0.05, 0) is 25.0 Å². The standard InChI is InChI=1S/C13H23N3O/c1-3-5-9-16(10-6-4-2)13-8-7-12(11-17)14-15-13/h7-8,17H,3-6,9-11H2,1-2H3. The molecule has 4 nitrogen and oxygen atoms in total. The van der Waals surface area contributed by atoms with Crippen molar-refractivity contribution in [2.75, 3.05) is 18.0 Å². The monoisotopic (exact) mass is 237 g/mol. The Morgan fingerprint density at radius 1 is 1.06 bits per heavy atom. The van der Waals surface area contributed by atoms with Crippen LogP contribution in [-0.2, 0) is 6.61 Å². The number of unbranched alkanes of at least 4 members (excludes halogenated alkanes) is 2. The fraction of sp³-hybridized carbons (Fsp3) is 0.692. The van der Waals surface area contributed by atoms with E-state index in [9.17, 15) is 0 Å². The van der Waals surface area contributed by atoms with Crippen LogP contribution < -0.4 is 4.90 Å². The number of anilines is 1. The molecule has 0 amide bonds. The fourth-order valence-corrected chi connectivity index (χ4v) is 1.64. The van der Waals surface area contributed by atoms with Crippen LogP contribution in [0.5, 0.6) is 0 Å². The zero-order chi connectivity index (χ0) is 12.5. The largest absolute Gasteiger partial charge is 0.390 e. The van der Waals surface area contributed by atoms with E-state index in [0.29, 0.717) is 5.69 Å². The maximum Gasteiger partial charge on any atom is 0.151 e. The SMILES string of the molecule is CCCCN(CCCC)c1ccc(CO)nn1. The summed E-state index contributed by atoms with van der Waals surface area (Å²) in [6, 6.07) is 3.79. The summed E-state index contributed by atoms with van der Waals surface area (Å²) in [4.78, 5) is 2.28. The number of hydrogen-bond donors (Lipinski definition) is 1. The van der Waals surface area contributed by atoms with E-state index in [2.05, 4.69) is 28.9 Å². The highest BCUT2D eigenvalue weighted by Gasteiger charge is 2.07. The van der Waals surface area contributed by atoms with Crippen molar-refractivity contribution in [1.29, 1.82) is 0 Å². The predicted molar refractivity (Wildman–Crippen MR) is 70.0 cm³/mol. The van der Waals surface area contributed by atoms with Crippen LogP contribution in [0.25, 0.3) is 0 Å². The molecule has 1 heterocycles. The lowest BCUT2D eigenvalue weighted by Gasteiger charge is -2.22. The maximum atomic E-state index is 8.93. The highest BCUT2D eigenvalue weighted by atomic mass is 16.3. The van der Waals surface area contributed by atoms with Crippen molar-refractivity contribution in [3.8, 4) is 0 Å². The first kappa shape index (κ1) is 13.9. The average molecular weight is 237 g/mol. The zero-order valence-electron chi connectivity index (χ0n) is 10.9. The van der Waals surface area contributed by atoms with Crippen molar-refractivity contribution in [3.63, 3.8) is 0 Å². The summed E-state index contributed by atoms with van der Waals surface area (Å²) in [5.41, 5.74) is 0.625. The van der Waals surface area contributed by atoms with E-state index in [4.69, 9.17) is 5.11 Å². The topological polar surface area (TPSA) is 49.2 Å². The normalized spacial score (nSPS) is 10.5. The second-order valence-electron chi connectivity index (χ2n) is 4.24. The minimum atomic E-state index is -0.0444. The third-order valence-electron chi connectivity index (χ3n) is 2.75. The Hall–Kier alpha value is -1.16. The number of aromatic nitrogens is 2. The Kier molecular flexibility index (Phi) is 6.55. The van der Waals surface area contributed by atoms with Gasteiger partial charge in [0.25, 0.3) is 0 Å². The second-order valence-corrected chi connectivity index (χ2v) is 4.24. The molecule has 0 atom stereocenters. The summed E-state index contributed by atoms with van der Waals surface area (Å²) in [6.07, 6.45) is 4.72. The van der Waals surface area contributed by atoms with E-state index < -0.39 is 0 Å². The van der Waals surface area contributed by atoms with Gasteiger partial charge < -0.3 is 10.0 Å². The summed E-state index contributed by atoms with van der Waals surface area (Å²) in [5, 5.41) is 17.1. The van der Waals surface area contributed by atoms with Gasteiger partial charge >= 0.3 is 0 Å². The summed E-state index contributed by atoms with van der Waals surface area (Å²) >= 11 is 0. The third-order valence-corrected chi connectivity index (χ3v) is 2.75. The number of aliphatic hydroxyl groups is 1. The van der Waals surface area contributed by atoms with Crippen LogP contribution in [0.2, 0.25) is 0 Å². The van der Waals surface area contributed by atoms with Gasteiger partial charge in [0, 0.05) is 13.1 Å². The molecule has 1 N–H and O–H groups in total. The molecule has 0 aliphatic heterocycles. The number of aliphatic hydroxyl groups excluding tert-OH is 1. The summed E-state index contributed by atoms with van der Waals surface area (Å²) in [5.74, 6) is 0.920. The summed E-state index contributed by atoms with van der Waals surface area (Å²) in [7, 11) is 0. The molecule has 17 heavy (non-hydrogen) atoms. The molecule has 0 aliphatic carbocycles. The van der Waals surface area contributed by atoms with Gasteiger partial charge in [-0.15, -0.1) is 5.10 Å². The van der Waals surface area contributed by atoms with Crippen LogP contribution in [0.3, 0.4) is 0 Å². The summed E-state index contributed by atoms with van der Waals surface area (Å²) < 4.78 is 0. The highest BCUT2D eigenvalue weighted by molar-refractivity contribution is 5.37. The molecule has 0 radical (unpaired) electrons. The van der Waals surface area contributed by atoms with E-state index in [1.165, 1.54) is 25.7 Å². The van der Waals surface area contributed by atoms with E-state index in [1.54, 1.807) is 0 Å². The van der Waals surface area contributed by atoms with E-state index >= 15 is 0 Å². The molecule has 1 rings (SSSR count). The lowest BCUT2D eigenvalue weighted by atomic mass is 10.2. The molecule has 0 bridgehead atoms. The van der Waals surface area contributed by atoms with Crippen molar-refractivity contribution >= 4 is 5.82 Å². The molecule has 0 spiro atoms. The molecule has 1 aromatic rings. The van der Waals surface area contributed by atoms with Gasteiger partial charge in [-0.2, -0.15) is 5.10 Å². The third kappa shape index (κ3) is 4.69. The minimum Gasteiger partial charge on any atom is -0.390 e. The zero-order valence-corrected chi connectivity index (χ0v) is 10.9. The number of rotatable bonds is 8. The lowest BCUT2D eigenvalue weighted by molar-refractivity contribution is 0.275. The van der Waals surface area contributed by atoms with Crippen molar-refractivity contribution < 1.29 is 5.11 Å². The predicted octanol–water partition coefficient (Wildman–Crippen LogP) is 2.38. The first-order valence-corrected chi connectivity index (χ1v) is 6.50. The van der Waals surface area contributed by atoms with Gasteiger partial charge in [-0.25, -0.2) is 0 Å². The molecule has 0 saturated heterocycles. The molecule has 0 fully saturated rings. The van der Waals surface area contributed by atoms with Gasteiger partial charge in [-0.1, -0.05) is 26.7 Å². The van der Waals surface area contributed by atoms with E-state index in [-0.39, 0.29) is 6.61 Å². The Labute approximate surface area is 104 Å². The van der Waals surface area contributed by atoms with Crippen LogP contribution in [-0.4, -0.2) is 28.4 Å². The molecule has 0 unspecified atom stereocenters. The van der Waals surface area contributed by atoms with Crippen LogP contribution in [0.1, 0.15) is 45.2 Å². The fourth-order valence-electron chi connectivity index (χ4n) is 1.64. The Balaban J connectivity index is 2.65. The van der Waals surface area contributed by atoms with Crippen molar-refractivity contribution in [2.24, 2.45) is 0 Å². The Bertz CT molecular complexity index is 292. The second kappa shape index (κ2) is 8.01. The maximum absolute atomic E-state index is 8.93. The highest BCUT2D eigenvalue weighted by Crippen LogP contribution is 2.12. The molecule has 96 valence electrons. The first-order valence-electron chi connectivity index (χ1n) is 6.50. The molecular formula is C13H23N3O. The van der Waals surface area contributed by atoms with Gasteiger partial charge in [0.2, 0.25) is 0 Å². The number of hydrogen-bond acceptors (Lipinski definition) is 4. The van der Waals surface area contributed by atoms with Crippen molar-refractivity contribution in [2.45, 2.75) is 46.1 Å². The van der Waals surface area contributed by atoms with Crippen LogP contribution >= 0.6 is 0 Å². The molecule has 0 aliphatic rings. The molecule has 0 saturated carbocycles. The van der Waals surface area contributed by atoms with Gasteiger partial charge in [-0.3, -0.25) is 0 Å². The minimum absolute atomic E-state index is 0.0444. The molecular weight excluding hydrogens is 214 g/mol. The molecule has 1 aromatic heterocycles. The van der Waals surface area contributed by atoms with Gasteiger partial charge in [0.05, 0.1) is 12.3 Å². The van der Waals surface area contributed by atoms with Crippen molar-refractivity contribution in [1.82, 2.24) is 10.2 Å². The Morgan fingerprint density at radius 3 is 2.12 bits per heavy atom. The van der Waals surface area contributed by atoms with E-state index in [0.717, 1.165) is 18.9 Å². The average Bonchev–Trinajstić information content (AvgIpc) is 2.39. The number of nitrogens with zero attached hydrogens (tertiary/aromatic N) is 3. The van der Waals surface area contributed by atoms with Crippen LogP contribution in [0.15, 0.2) is 12.1 Å². The van der Waals surface area contributed by atoms with E-state index in [1.807, 2.05) is 12.1 Å². The molecule has 0 aromatic carbocycles. The first-order chi connectivity index (χ1) is 8.31. The lowest BCUT2D eigenvalue weighted by Crippen LogP contribution is -2.26. The van der Waals surface area contributed by atoms with Crippen LogP contribution in [0.4, 0.5) is 5.82 Å².